The van der Waals surface area contributed by atoms with Gasteiger partial charge in [0.15, 0.2) is 6.04 Å². The number of carbonyl (C=O) groups is 2. The maximum Gasteiger partial charge on any atom is 0.408 e. The van der Waals surface area contributed by atoms with Crippen LogP contribution >= 0.6 is 0 Å². The fourth-order valence-electron chi connectivity index (χ4n) is 1.99. The first-order valence-electron chi connectivity index (χ1n) is 7.66. The number of carbonyl (C=O) groups excluding carboxylic acids is 2. The first kappa shape index (κ1) is 20.5. The lowest BCUT2D eigenvalue weighted by Gasteiger charge is -2.14. The summed E-state index contributed by atoms with van der Waals surface area (Å²) in [5, 5.41) is 2.47. The van der Waals surface area contributed by atoms with Gasteiger partial charge < -0.3 is 32.9 Å². The second kappa shape index (κ2) is 11.1. The van der Waals surface area contributed by atoms with Gasteiger partial charge in [-0.15, -0.1) is 0 Å². The number of rotatable bonds is 7. The molecule has 2 rings (SSSR count). The quantitative estimate of drug-likeness (QED) is 0.571. The zero-order valence-corrected chi connectivity index (χ0v) is 14.4. The van der Waals surface area contributed by atoms with E-state index in [0.717, 1.165) is 11.1 Å². The molecule has 0 heterocycles. The number of benzene rings is 2. The molecule has 0 aliphatic rings. The van der Waals surface area contributed by atoms with Crippen LogP contribution in [0, 0.1) is 0 Å². The average Bonchev–Trinajstić information content (AvgIpc) is 2.64. The summed E-state index contributed by atoms with van der Waals surface area (Å²) in [6.07, 6.45) is -0.677. The van der Waals surface area contributed by atoms with Crippen molar-refractivity contribution in [1.29, 1.82) is 0 Å². The molecule has 134 valence electrons. The maximum atomic E-state index is 12.0. The molecule has 2 aromatic carbocycles. The predicted octanol–water partition coefficient (Wildman–Crippen LogP) is -1.73. The Labute approximate surface area is 152 Å². The van der Waals surface area contributed by atoms with Crippen LogP contribution in [0.3, 0.4) is 0 Å². The number of quaternary nitrogens is 1. The lowest BCUT2D eigenvalue weighted by Crippen LogP contribution is -3.00. The van der Waals surface area contributed by atoms with Crippen LogP contribution in [0.2, 0.25) is 0 Å². The SMILES string of the molecule is [Cl-].[NH3+]C[C@@H](NC(=O)OCc1ccccc1)C(=O)OCc1ccccc1. The number of ether oxygens (including phenoxy) is 2. The van der Waals surface area contributed by atoms with E-state index in [1.807, 2.05) is 60.7 Å². The number of nitrogens with one attached hydrogen (secondary N) is 1. The number of alkyl carbamates (subject to hydrolysis) is 1. The van der Waals surface area contributed by atoms with Crippen LogP contribution in [-0.4, -0.2) is 24.6 Å². The van der Waals surface area contributed by atoms with Crippen molar-refractivity contribution in [2.45, 2.75) is 19.3 Å². The number of halogens is 1. The average molecular weight is 365 g/mol. The fourth-order valence-corrected chi connectivity index (χ4v) is 1.99. The van der Waals surface area contributed by atoms with Crippen molar-refractivity contribution in [3.8, 4) is 0 Å². The normalized spacial score (nSPS) is 10.9. The summed E-state index contributed by atoms with van der Waals surface area (Å²) in [5.74, 6) is -0.537. The second-order valence-corrected chi connectivity index (χ2v) is 5.14. The van der Waals surface area contributed by atoms with Crippen molar-refractivity contribution in [1.82, 2.24) is 5.32 Å². The van der Waals surface area contributed by atoms with E-state index in [2.05, 4.69) is 11.1 Å². The highest BCUT2D eigenvalue weighted by Gasteiger charge is 2.23. The van der Waals surface area contributed by atoms with Gasteiger partial charge in [0.25, 0.3) is 0 Å². The molecular weight excluding hydrogens is 344 g/mol. The molecule has 2 aromatic rings. The third-order valence-electron chi connectivity index (χ3n) is 3.30. The van der Waals surface area contributed by atoms with Crippen LogP contribution in [0.1, 0.15) is 11.1 Å². The zero-order chi connectivity index (χ0) is 17.2. The third kappa shape index (κ3) is 7.24. The molecule has 0 saturated carbocycles. The molecule has 1 atom stereocenters. The Balaban J connectivity index is 0.00000312. The smallest absolute Gasteiger partial charge is 0.408 e. The van der Waals surface area contributed by atoms with Gasteiger partial charge in [0.05, 0.1) is 0 Å². The van der Waals surface area contributed by atoms with E-state index in [9.17, 15) is 9.59 Å². The monoisotopic (exact) mass is 364 g/mol. The lowest BCUT2D eigenvalue weighted by atomic mass is 10.2. The minimum absolute atomic E-state index is 0. The standard InChI is InChI=1S/C18H20N2O4.ClH/c19-11-16(17(21)23-12-14-7-3-1-4-8-14)20-18(22)24-13-15-9-5-2-6-10-15;/h1-10,16H,11-13,19H2,(H,20,22);1H/t16-;/m1./s1. The molecule has 0 radical (unpaired) electrons. The Hall–Kier alpha value is -2.57. The van der Waals surface area contributed by atoms with Crippen LogP contribution in [0.15, 0.2) is 60.7 Å². The maximum absolute atomic E-state index is 12.0. The van der Waals surface area contributed by atoms with Gasteiger partial charge in [0.1, 0.15) is 19.8 Å². The summed E-state index contributed by atoms with van der Waals surface area (Å²) < 4.78 is 10.3. The Morgan fingerprint density at radius 3 is 1.84 bits per heavy atom. The molecule has 0 unspecified atom stereocenters. The van der Waals surface area contributed by atoms with Crippen LogP contribution in [-0.2, 0) is 27.5 Å². The van der Waals surface area contributed by atoms with Crippen LogP contribution in [0.4, 0.5) is 4.79 Å². The van der Waals surface area contributed by atoms with E-state index in [4.69, 9.17) is 9.47 Å². The van der Waals surface area contributed by atoms with Gasteiger partial charge >= 0.3 is 12.1 Å². The third-order valence-corrected chi connectivity index (χ3v) is 3.30. The van der Waals surface area contributed by atoms with Gasteiger partial charge in [-0.25, -0.2) is 9.59 Å². The van der Waals surface area contributed by atoms with E-state index in [-0.39, 0.29) is 32.2 Å². The van der Waals surface area contributed by atoms with E-state index >= 15 is 0 Å². The van der Waals surface area contributed by atoms with Gasteiger partial charge in [-0.05, 0) is 11.1 Å². The summed E-state index contributed by atoms with van der Waals surface area (Å²) in [5.41, 5.74) is 5.40. The predicted molar refractivity (Wildman–Crippen MR) is 87.5 cm³/mol. The van der Waals surface area contributed by atoms with Crippen LogP contribution in [0.25, 0.3) is 0 Å². The van der Waals surface area contributed by atoms with Crippen LogP contribution in [0.5, 0.6) is 0 Å². The Morgan fingerprint density at radius 1 is 0.880 bits per heavy atom. The van der Waals surface area contributed by atoms with Crippen molar-refractivity contribution >= 4 is 12.1 Å². The summed E-state index contributed by atoms with van der Waals surface area (Å²) in [6.45, 7) is 0.459. The van der Waals surface area contributed by atoms with E-state index in [1.54, 1.807) is 0 Å². The van der Waals surface area contributed by atoms with E-state index in [0.29, 0.717) is 0 Å². The van der Waals surface area contributed by atoms with Gasteiger partial charge in [0, 0.05) is 0 Å². The molecule has 7 heteroatoms. The van der Waals surface area contributed by atoms with Crippen molar-refractivity contribution in [2.24, 2.45) is 0 Å². The topological polar surface area (TPSA) is 92.3 Å². The molecule has 0 aliphatic heterocycles. The molecule has 0 bridgehead atoms. The van der Waals surface area contributed by atoms with Gasteiger partial charge in [-0.1, -0.05) is 60.7 Å². The van der Waals surface area contributed by atoms with Crippen molar-refractivity contribution in [3.05, 3.63) is 71.8 Å². The molecule has 0 fully saturated rings. The fraction of sp³-hybridized carbons (Fsp3) is 0.222. The highest BCUT2D eigenvalue weighted by atomic mass is 35.5. The van der Waals surface area contributed by atoms with Gasteiger partial charge in [0.2, 0.25) is 0 Å². The van der Waals surface area contributed by atoms with Gasteiger partial charge in [-0.2, -0.15) is 0 Å². The van der Waals surface area contributed by atoms with Gasteiger partial charge in [-0.3, -0.25) is 0 Å². The highest BCUT2D eigenvalue weighted by molar-refractivity contribution is 5.81. The van der Waals surface area contributed by atoms with E-state index in [1.165, 1.54) is 0 Å². The highest BCUT2D eigenvalue weighted by Crippen LogP contribution is 2.03. The van der Waals surface area contributed by atoms with E-state index < -0.39 is 18.1 Å². The first-order chi connectivity index (χ1) is 11.7. The lowest BCUT2D eigenvalue weighted by molar-refractivity contribution is -0.371. The molecule has 6 nitrogen and oxygen atoms in total. The first-order valence-corrected chi connectivity index (χ1v) is 7.66. The summed E-state index contributed by atoms with van der Waals surface area (Å²) in [7, 11) is 0. The zero-order valence-electron chi connectivity index (χ0n) is 13.7. The molecule has 0 aliphatic carbocycles. The minimum atomic E-state index is -0.836. The Morgan fingerprint density at radius 2 is 1.36 bits per heavy atom. The number of esters is 1. The van der Waals surface area contributed by atoms with Crippen LogP contribution < -0.4 is 23.5 Å². The van der Waals surface area contributed by atoms with Crippen molar-refractivity contribution < 1.29 is 37.2 Å². The molecular formula is C18H21ClN2O4. The number of amides is 1. The summed E-state index contributed by atoms with van der Waals surface area (Å²) in [6, 6.07) is 17.8. The largest absolute Gasteiger partial charge is 1.00 e. The Bertz CT molecular complexity index is 653. The molecule has 4 N–H and O–H groups in total. The number of hydrogen-bond donors (Lipinski definition) is 2. The second-order valence-electron chi connectivity index (χ2n) is 5.14. The molecule has 1 amide bonds. The van der Waals surface area contributed by atoms with Crippen molar-refractivity contribution in [2.75, 3.05) is 6.54 Å². The summed E-state index contributed by atoms with van der Waals surface area (Å²) >= 11 is 0. The minimum Gasteiger partial charge on any atom is -1.00 e. The van der Waals surface area contributed by atoms with Crippen molar-refractivity contribution in [3.63, 3.8) is 0 Å². The summed E-state index contributed by atoms with van der Waals surface area (Å²) in [4.78, 5) is 23.8. The molecule has 0 aromatic heterocycles. The molecule has 25 heavy (non-hydrogen) atoms. The Kier molecular flexibility index (Phi) is 9.06. The molecule has 0 saturated heterocycles. The molecule has 0 spiro atoms. The number of hydrogen-bond acceptors (Lipinski definition) is 4.